The summed E-state index contributed by atoms with van der Waals surface area (Å²) in [6, 6.07) is 22.5. The summed E-state index contributed by atoms with van der Waals surface area (Å²) in [6.45, 7) is 6.69. The number of anilines is 1. The van der Waals surface area contributed by atoms with E-state index >= 15 is 9.18 Å². The van der Waals surface area contributed by atoms with Crippen LogP contribution < -0.4 is 20.9 Å². The molecular formula is C71H75FN6O18S. The van der Waals surface area contributed by atoms with Gasteiger partial charge in [0.05, 0.1) is 66.1 Å². The highest BCUT2D eigenvalue weighted by Crippen LogP contribution is 2.48. The Balaban J connectivity index is 0.861. The molecule has 4 aromatic carbocycles. The van der Waals surface area contributed by atoms with Crippen molar-refractivity contribution < 1.29 is 84.3 Å². The van der Waals surface area contributed by atoms with Crippen LogP contribution in [0.2, 0.25) is 0 Å². The number of ketones is 1. The van der Waals surface area contributed by atoms with Crippen molar-refractivity contribution in [1.82, 2.24) is 24.7 Å². The molecule has 0 saturated carbocycles. The first-order valence-electron chi connectivity index (χ1n) is 31.9. The van der Waals surface area contributed by atoms with Crippen LogP contribution in [0.4, 0.5) is 19.7 Å². The number of aryl methyl sites for hydroxylation is 1. The lowest BCUT2D eigenvalue weighted by molar-refractivity contribution is -0.241. The number of fused-ring (bicyclic) bond motifs is 8. The number of aromatic nitrogens is 2. The van der Waals surface area contributed by atoms with Gasteiger partial charge in [0.2, 0.25) is 18.1 Å². The second kappa shape index (κ2) is 28.3. The lowest BCUT2D eigenvalue weighted by Crippen LogP contribution is -2.55. The number of Topliss-reactive ketones (excluding diaryl/α,β-unsaturated/α-hetero) is 1. The average Bonchev–Trinajstić information content (AvgIpc) is 1.61. The molecule has 4 amide bonds. The Morgan fingerprint density at radius 1 is 0.938 bits per heavy atom. The highest BCUT2D eigenvalue weighted by atomic mass is 32.2. The summed E-state index contributed by atoms with van der Waals surface area (Å²) in [5, 5.41) is 6.48. The number of rotatable bonds is 23. The molecule has 2 N–H and O–H groups in total. The van der Waals surface area contributed by atoms with Gasteiger partial charge in [0, 0.05) is 61.2 Å². The molecule has 2 unspecified atom stereocenters. The summed E-state index contributed by atoms with van der Waals surface area (Å²) >= 11 is 0. The van der Waals surface area contributed by atoms with Crippen molar-refractivity contribution in [3.8, 4) is 40.6 Å². The number of nitrogens with zero attached hydrogens (tertiary/aromatic N) is 4. The topological polar surface area (TPSA) is 293 Å². The zero-order chi connectivity index (χ0) is 69.4. The number of cyclic esters (lactones) is 1. The van der Waals surface area contributed by atoms with Crippen LogP contribution in [0, 0.1) is 36.9 Å². The van der Waals surface area contributed by atoms with Crippen molar-refractivity contribution in [3.05, 3.63) is 145 Å². The molecule has 5 heterocycles. The first kappa shape index (κ1) is 68.8. The molecule has 5 aliphatic rings. The van der Waals surface area contributed by atoms with Crippen LogP contribution in [0.1, 0.15) is 116 Å². The Hall–Kier alpha value is -9.55. The first-order chi connectivity index (χ1) is 46.3. The average molecular weight is 1350 g/mol. The number of alkyl carbamates (subject to hydrolysis) is 1. The lowest BCUT2D eigenvalue weighted by atomic mass is 9.81. The number of pyridine rings is 2. The molecule has 24 nitrogen and oxygen atoms in total. The summed E-state index contributed by atoms with van der Waals surface area (Å²) in [4.78, 5) is 117. The number of hydrogen-bond donors (Lipinski definition) is 2. The van der Waals surface area contributed by atoms with Crippen LogP contribution in [-0.4, -0.2) is 147 Å². The van der Waals surface area contributed by atoms with Crippen molar-refractivity contribution in [1.29, 1.82) is 0 Å². The van der Waals surface area contributed by atoms with Gasteiger partial charge in [0.1, 0.15) is 60.7 Å². The van der Waals surface area contributed by atoms with Gasteiger partial charge < -0.3 is 58.0 Å². The monoisotopic (exact) mass is 1350 g/mol. The third-order valence-electron chi connectivity index (χ3n) is 18.9. The van der Waals surface area contributed by atoms with Crippen LogP contribution in [0.15, 0.2) is 83.7 Å². The second-order valence-electron chi connectivity index (χ2n) is 25.1. The highest BCUT2D eigenvalue weighted by Gasteiger charge is 2.50. The van der Waals surface area contributed by atoms with Gasteiger partial charge in [0.15, 0.2) is 17.5 Å². The fourth-order valence-corrected chi connectivity index (χ4v) is 14.2. The summed E-state index contributed by atoms with van der Waals surface area (Å²) in [5.74, 6) is -2.90. The molecule has 0 spiro atoms. The molecule has 0 bridgehead atoms. The molecule has 1 saturated heterocycles. The van der Waals surface area contributed by atoms with Crippen LogP contribution >= 0.6 is 0 Å². The number of carbonyl (C=O) groups is 7. The molecule has 2 aliphatic carbocycles. The van der Waals surface area contributed by atoms with E-state index in [1.807, 2.05) is 48.5 Å². The third kappa shape index (κ3) is 13.9. The number of likely N-dealkylation sites (N-methyl/N-ethyl adjacent to an activating group) is 1. The number of amides is 4. The predicted octanol–water partition coefficient (Wildman–Crippen LogP) is 8.05. The van der Waals surface area contributed by atoms with Gasteiger partial charge in [-0.2, -0.15) is 0 Å². The van der Waals surface area contributed by atoms with Gasteiger partial charge in [-0.05, 0) is 102 Å². The zero-order valence-corrected chi connectivity index (χ0v) is 55.8. The van der Waals surface area contributed by atoms with Gasteiger partial charge >= 0.3 is 24.1 Å². The number of terminal acetylenes is 1. The number of carbonyl (C=O) groups excluding carboxylic acids is 7. The maximum atomic E-state index is 16.0. The molecule has 2 aromatic heterocycles. The largest absolute Gasteiger partial charge is 0.459 e. The van der Waals surface area contributed by atoms with Crippen molar-refractivity contribution in [2.75, 3.05) is 64.0 Å². The fourth-order valence-electron chi connectivity index (χ4n) is 13.7. The molecule has 97 heavy (non-hydrogen) atoms. The Morgan fingerprint density at radius 3 is 2.34 bits per heavy atom. The number of nitrogens with one attached hydrogen (secondary N) is 2. The number of hydrogen-bond acceptors (Lipinski definition) is 19. The maximum absolute atomic E-state index is 16.0. The van der Waals surface area contributed by atoms with Gasteiger partial charge in [-0.1, -0.05) is 81.3 Å². The van der Waals surface area contributed by atoms with E-state index in [0.29, 0.717) is 46.2 Å². The fraction of sp³-hybridized carbons (Fsp3) is 0.423. The van der Waals surface area contributed by atoms with E-state index < -0.39 is 138 Å². The Labute approximate surface area is 559 Å². The zero-order valence-electron chi connectivity index (χ0n) is 54.9. The SMILES string of the molecule is C#CCOCCC(=O)N(C)CC(=O)Nc1cc(COC(=O)N(CCS(C)(=O)=O)CO[C@]2(CC)C(=O)OCc3c2cc2n(c3=O)Cc3c-2nc2cc(F)c(C)c4c2c3[C@H](NC(=O)OCC2c3ccccc3-c3ccccc32)CC4)ccc1O[C@@H]1OC(C(C)=O)[C@@H](C)[C@H](C)C1OC(C)=O. The number of esters is 2. The maximum Gasteiger partial charge on any atom is 0.411 e. The van der Waals surface area contributed by atoms with Gasteiger partial charge in [-0.25, -0.2) is 32.2 Å². The first-order valence-corrected chi connectivity index (χ1v) is 34.0. The number of halogens is 1. The minimum Gasteiger partial charge on any atom is -0.459 e. The molecule has 0 radical (unpaired) electrons. The minimum absolute atomic E-state index is 0.00654. The smallest absolute Gasteiger partial charge is 0.411 e. The molecule has 26 heteroatoms. The Kier molecular flexibility index (Phi) is 20.1. The third-order valence-corrected chi connectivity index (χ3v) is 19.8. The second-order valence-corrected chi connectivity index (χ2v) is 27.4. The molecule has 11 rings (SSSR count). The van der Waals surface area contributed by atoms with Crippen molar-refractivity contribution in [3.63, 3.8) is 0 Å². The van der Waals surface area contributed by atoms with Crippen LogP contribution in [0.5, 0.6) is 5.75 Å². The van der Waals surface area contributed by atoms with E-state index in [1.165, 1.54) is 49.7 Å². The van der Waals surface area contributed by atoms with E-state index in [1.54, 1.807) is 33.8 Å². The molecular weight excluding hydrogens is 1280 g/mol. The number of sulfone groups is 1. The predicted molar refractivity (Wildman–Crippen MR) is 350 cm³/mol. The number of benzene rings is 4. The van der Waals surface area contributed by atoms with E-state index in [-0.39, 0.29) is 90.2 Å². The summed E-state index contributed by atoms with van der Waals surface area (Å²) in [6.07, 6.45) is 1.56. The molecule has 1 fully saturated rings. The van der Waals surface area contributed by atoms with Crippen molar-refractivity contribution in [2.45, 2.75) is 123 Å². The molecule has 3 aliphatic heterocycles. The summed E-state index contributed by atoms with van der Waals surface area (Å²) < 4.78 is 90.4. The standard InChI is InChI=1S/C71H75FN6O18S/c1-10-26-89-27-24-60(82)76(8)33-59(81)73-55-29-43(20-23-58(55)95-67-65(94-42(7)80)39(4)38(3)64(96-67)41(6)79)34-92-70(86)77(25-28-97(9,87)88)37-93-71(11-2)52-30-57-63-49(32-78(57)66(83)51(52)36-90-68(71)84)62-54(22-21-44-40(5)53(72)31-56(74-63)61(44)62)75-69(85)91-35-50-47-18-14-12-16-45(47)46-17-13-15-19-48(46)50/h1,12-20,23,29-31,38-39,50,54,64-65,67H,11,21-22,24-28,32-37H2,2-9H3,(H,73,81)(H,75,85)/t38-,39-,54+,64?,65?,67+,71-/m0/s1. The van der Waals surface area contributed by atoms with Gasteiger partial charge in [0.25, 0.3) is 5.56 Å². The van der Waals surface area contributed by atoms with E-state index in [2.05, 4.69) is 16.6 Å². The quantitative estimate of drug-likeness (QED) is 0.0201. The lowest BCUT2D eigenvalue weighted by Gasteiger charge is -2.42. The molecule has 6 aromatic rings. The van der Waals surface area contributed by atoms with Crippen LogP contribution in [0.3, 0.4) is 0 Å². The summed E-state index contributed by atoms with van der Waals surface area (Å²) in [7, 11) is -2.37. The van der Waals surface area contributed by atoms with E-state index in [0.717, 1.165) is 38.3 Å². The van der Waals surface area contributed by atoms with E-state index in [4.69, 9.17) is 49.3 Å². The van der Waals surface area contributed by atoms with Gasteiger partial charge in [-0.3, -0.25) is 28.9 Å². The van der Waals surface area contributed by atoms with Crippen molar-refractivity contribution >= 4 is 68.2 Å². The Morgan fingerprint density at radius 2 is 1.66 bits per heavy atom. The Bertz CT molecular complexity index is 4370. The molecule has 7 atom stereocenters. The van der Waals surface area contributed by atoms with Crippen LogP contribution in [0.25, 0.3) is 33.4 Å². The highest BCUT2D eigenvalue weighted by molar-refractivity contribution is 7.90. The van der Waals surface area contributed by atoms with Crippen LogP contribution in [-0.2, 0) is 98.7 Å². The van der Waals surface area contributed by atoms with E-state index in [9.17, 15) is 42.0 Å². The van der Waals surface area contributed by atoms with Gasteiger partial charge in [-0.15, -0.1) is 6.42 Å². The number of ether oxygens (including phenoxy) is 8. The normalized spacial score (nSPS) is 20.4. The molecule has 510 valence electrons. The summed E-state index contributed by atoms with van der Waals surface area (Å²) in [5.41, 5.74) is 5.10. The van der Waals surface area contributed by atoms with Crippen molar-refractivity contribution in [2.24, 2.45) is 11.8 Å². The minimum atomic E-state index is -3.78.